The number of aryl methyl sites for hydroxylation is 1. The smallest absolute Gasteiger partial charge is 0.114 e. The summed E-state index contributed by atoms with van der Waals surface area (Å²) < 4.78 is 2.20. The van der Waals surface area contributed by atoms with Crippen LogP contribution in [0.15, 0.2) is 48.8 Å². The van der Waals surface area contributed by atoms with E-state index in [9.17, 15) is 0 Å². The lowest BCUT2D eigenvalue weighted by Crippen LogP contribution is -2.07. The van der Waals surface area contributed by atoms with Gasteiger partial charge in [0.2, 0.25) is 0 Å². The van der Waals surface area contributed by atoms with Crippen LogP contribution >= 0.6 is 0 Å². The largest absolute Gasteiger partial charge is 0.335 e. The first-order valence-corrected chi connectivity index (χ1v) is 7.41. The van der Waals surface area contributed by atoms with Gasteiger partial charge in [0.15, 0.2) is 0 Å². The minimum Gasteiger partial charge on any atom is -0.335 e. The molecule has 0 amide bonds. The van der Waals surface area contributed by atoms with Crippen LogP contribution in [0.3, 0.4) is 0 Å². The second-order valence-electron chi connectivity index (χ2n) is 5.20. The van der Waals surface area contributed by atoms with E-state index in [2.05, 4.69) is 27.8 Å². The maximum Gasteiger partial charge on any atom is 0.114 e. The minimum atomic E-state index is 0.746. The van der Waals surface area contributed by atoms with E-state index in [1.54, 1.807) is 0 Å². The molecule has 108 valence electrons. The number of imidazole rings is 1. The van der Waals surface area contributed by atoms with Crippen LogP contribution in [0.4, 0.5) is 0 Å². The molecule has 21 heavy (non-hydrogen) atoms. The highest BCUT2D eigenvalue weighted by molar-refractivity contribution is 5.78. The molecule has 0 atom stereocenters. The second-order valence-corrected chi connectivity index (χ2v) is 5.20. The van der Waals surface area contributed by atoms with Crippen molar-refractivity contribution in [2.75, 3.05) is 6.54 Å². The predicted octanol–water partition coefficient (Wildman–Crippen LogP) is 2.76. The van der Waals surface area contributed by atoms with Gasteiger partial charge in [-0.1, -0.05) is 24.3 Å². The van der Waals surface area contributed by atoms with Gasteiger partial charge in [-0.25, -0.2) is 4.98 Å². The summed E-state index contributed by atoms with van der Waals surface area (Å²) in [5.41, 5.74) is 7.64. The number of unbranched alkanes of at least 4 members (excludes halogenated alkanes) is 1. The van der Waals surface area contributed by atoms with E-state index in [0.29, 0.717) is 0 Å². The first-order valence-electron chi connectivity index (χ1n) is 7.41. The van der Waals surface area contributed by atoms with Crippen molar-refractivity contribution in [1.82, 2.24) is 14.5 Å². The third-order valence-electron chi connectivity index (χ3n) is 3.65. The summed E-state index contributed by atoms with van der Waals surface area (Å²) in [4.78, 5) is 9.18. The fourth-order valence-corrected chi connectivity index (χ4v) is 2.51. The molecule has 2 aromatic heterocycles. The molecule has 0 aliphatic rings. The van der Waals surface area contributed by atoms with Crippen molar-refractivity contribution in [1.29, 1.82) is 0 Å². The molecule has 0 aliphatic heterocycles. The number of hydrogen-bond donors (Lipinski definition) is 1. The first kappa shape index (κ1) is 13.8. The average molecular weight is 280 g/mol. The molecule has 3 aromatic rings. The molecular weight excluding hydrogens is 260 g/mol. The van der Waals surface area contributed by atoms with E-state index >= 15 is 0 Å². The molecule has 0 bridgehead atoms. The summed E-state index contributed by atoms with van der Waals surface area (Å²) in [7, 11) is 0. The maximum absolute atomic E-state index is 5.55. The normalized spacial score (nSPS) is 11.1. The Morgan fingerprint density at radius 2 is 1.95 bits per heavy atom. The Kier molecular flexibility index (Phi) is 4.26. The van der Waals surface area contributed by atoms with Crippen LogP contribution in [0.5, 0.6) is 0 Å². The number of aromatic nitrogens is 3. The fourth-order valence-electron chi connectivity index (χ4n) is 2.51. The molecule has 2 heterocycles. The molecule has 0 unspecified atom stereocenters. The summed E-state index contributed by atoms with van der Waals surface area (Å²) in [6, 6.07) is 12.4. The van der Waals surface area contributed by atoms with Gasteiger partial charge in [-0.05, 0) is 31.5 Å². The molecule has 4 heteroatoms. The lowest BCUT2D eigenvalue weighted by Gasteiger charge is -2.07. The fraction of sp³-hybridized carbons (Fsp3) is 0.294. The van der Waals surface area contributed by atoms with Gasteiger partial charge in [0.25, 0.3) is 0 Å². The Labute approximate surface area is 124 Å². The van der Waals surface area contributed by atoms with Crippen LogP contribution in [0, 0.1) is 0 Å². The first-order chi connectivity index (χ1) is 10.4. The Morgan fingerprint density at radius 1 is 1.05 bits per heavy atom. The molecule has 3 rings (SSSR count). The van der Waals surface area contributed by atoms with Gasteiger partial charge in [0.05, 0.1) is 5.52 Å². The number of nitrogens with two attached hydrogens (primary N) is 1. The molecular formula is C17H20N4. The maximum atomic E-state index is 5.55. The Hall–Kier alpha value is -2.20. The highest BCUT2D eigenvalue weighted by Gasteiger charge is 2.06. The van der Waals surface area contributed by atoms with Gasteiger partial charge < -0.3 is 10.3 Å². The van der Waals surface area contributed by atoms with Gasteiger partial charge in [-0.15, -0.1) is 0 Å². The Bertz CT molecular complexity index is 717. The lowest BCUT2D eigenvalue weighted by atomic mass is 10.2. The van der Waals surface area contributed by atoms with Crippen molar-refractivity contribution in [2.24, 2.45) is 5.73 Å². The number of hydrogen-bond acceptors (Lipinski definition) is 3. The number of benzene rings is 1. The zero-order valence-electron chi connectivity index (χ0n) is 12.1. The summed E-state index contributed by atoms with van der Waals surface area (Å²) >= 11 is 0. The molecule has 0 radical (unpaired) electrons. The van der Waals surface area contributed by atoms with E-state index in [1.165, 1.54) is 5.39 Å². The summed E-state index contributed by atoms with van der Waals surface area (Å²) in [5, 5.41) is 1.17. The predicted molar refractivity (Wildman–Crippen MR) is 85.1 cm³/mol. The highest BCUT2D eigenvalue weighted by Crippen LogP contribution is 2.14. The number of nitrogens with zero attached hydrogens (tertiary/aromatic N) is 3. The highest BCUT2D eigenvalue weighted by atomic mass is 15.1. The third-order valence-corrected chi connectivity index (χ3v) is 3.65. The van der Waals surface area contributed by atoms with Crippen molar-refractivity contribution < 1.29 is 0 Å². The number of fused-ring (bicyclic) bond motifs is 1. The molecule has 0 saturated heterocycles. The van der Waals surface area contributed by atoms with Crippen LogP contribution in [0.2, 0.25) is 0 Å². The monoisotopic (exact) mass is 280 g/mol. The summed E-state index contributed by atoms with van der Waals surface area (Å²) in [6.07, 6.45) is 6.79. The van der Waals surface area contributed by atoms with Crippen molar-refractivity contribution in [3.05, 3.63) is 60.3 Å². The van der Waals surface area contributed by atoms with Crippen molar-refractivity contribution in [3.63, 3.8) is 0 Å². The number of para-hydroxylation sites is 1. The summed E-state index contributed by atoms with van der Waals surface area (Å²) in [5.74, 6) is 1.06. The molecule has 0 saturated carbocycles. The molecule has 0 fully saturated rings. The van der Waals surface area contributed by atoms with E-state index in [0.717, 1.165) is 49.4 Å². The van der Waals surface area contributed by atoms with Gasteiger partial charge in [0, 0.05) is 36.4 Å². The third kappa shape index (κ3) is 3.28. The van der Waals surface area contributed by atoms with Crippen molar-refractivity contribution in [3.8, 4) is 0 Å². The summed E-state index contributed by atoms with van der Waals surface area (Å²) in [6.45, 7) is 1.72. The quantitative estimate of drug-likeness (QED) is 0.706. The van der Waals surface area contributed by atoms with Gasteiger partial charge >= 0.3 is 0 Å². The average Bonchev–Trinajstić information content (AvgIpc) is 2.95. The number of pyridine rings is 1. The molecule has 4 nitrogen and oxygen atoms in total. The SMILES string of the molecule is NCCCCn1ccnc1Cc1ccc2ccccc2n1. The molecule has 0 spiro atoms. The number of rotatable bonds is 6. The Balaban J connectivity index is 1.77. The van der Waals surface area contributed by atoms with E-state index in [-0.39, 0.29) is 0 Å². The zero-order valence-corrected chi connectivity index (χ0v) is 12.1. The van der Waals surface area contributed by atoms with Gasteiger partial charge in [0.1, 0.15) is 5.82 Å². The van der Waals surface area contributed by atoms with Gasteiger partial charge in [-0.3, -0.25) is 4.98 Å². The topological polar surface area (TPSA) is 56.7 Å². The van der Waals surface area contributed by atoms with Crippen LogP contribution < -0.4 is 5.73 Å². The molecule has 2 N–H and O–H groups in total. The van der Waals surface area contributed by atoms with Gasteiger partial charge in [-0.2, -0.15) is 0 Å². The Morgan fingerprint density at radius 3 is 2.86 bits per heavy atom. The minimum absolute atomic E-state index is 0.746. The van der Waals surface area contributed by atoms with Crippen molar-refractivity contribution in [2.45, 2.75) is 25.8 Å². The lowest BCUT2D eigenvalue weighted by molar-refractivity contribution is 0.594. The van der Waals surface area contributed by atoms with Crippen LogP contribution in [-0.4, -0.2) is 21.1 Å². The second kappa shape index (κ2) is 6.50. The van der Waals surface area contributed by atoms with Crippen LogP contribution in [0.1, 0.15) is 24.4 Å². The van der Waals surface area contributed by atoms with E-state index in [1.807, 2.05) is 30.6 Å². The molecule has 1 aromatic carbocycles. The standard InChI is InChI=1S/C17H20N4/c18-9-3-4-11-21-12-10-19-17(21)13-15-8-7-14-5-1-2-6-16(14)20-15/h1-2,5-8,10,12H,3-4,9,11,13,18H2. The van der Waals surface area contributed by atoms with E-state index < -0.39 is 0 Å². The van der Waals surface area contributed by atoms with Crippen LogP contribution in [0.25, 0.3) is 10.9 Å². The zero-order chi connectivity index (χ0) is 14.5. The van der Waals surface area contributed by atoms with Crippen molar-refractivity contribution >= 4 is 10.9 Å². The molecule has 0 aliphatic carbocycles. The van der Waals surface area contributed by atoms with Crippen LogP contribution in [-0.2, 0) is 13.0 Å². The van der Waals surface area contributed by atoms with E-state index in [4.69, 9.17) is 10.7 Å².